The van der Waals surface area contributed by atoms with Crippen molar-refractivity contribution < 1.29 is 0 Å². The Labute approximate surface area is 84.1 Å². The molecule has 3 N–H and O–H groups in total. The first kappa shape index (κ1) is 9.28. The summed E-state index contributed by atoms with van der Waals surface area (Å²) in [6.45, 7) is 2.85. The molecule has 0 bridgehead atoms. The highest BCUT2D eigenvalue weighted by Gasteiger charge is 1.98. The van der Waals surface area contributed by atoms with Gasteiger partial charge in [0, 0.05) is 11.2 Å². The van der Waals surface area contributed by atoms with E-state index in [2.05, 4.69) is 36.2 Å². The Bertz CT molecular complexity index is 429. The number of aromatic amines is 1. The van der Waals surface area contributed by atoms with Gasteiger partial charge < -0.3 is 10.7 Å². The Morgan fingerprint density at radius 3 is 2.93 bits per heavy atom. The number of nitrogens with two attached hydrogens (primary N) is 1. The minimum absolute atomic E-state index is 0.768. The van der Waals surface area contributed by atoms with Gasteiger partial charge in [-0.05, 0) is 55.5 Å². The molecular formula is C12H16N2. The van der Waals surface area contributed by atoms with Crippen molar-refractivity contribution in [1.82, 2.24) is 4.98 Å². The maximum atomic E-state index is 5.49. The zero-order valence-corrected chi connectivity index (χ0v) is 8.51. The lowest BCUT2D eigenvalue weighted by Crippen LogP contribution is -2.00. The van der Waals surface area contributed by atoms with Crippen LogP contribution in [-0.2, 0) is 6.42 Å². The van der Waals surface area contributed by atoms with Crippen molar-refractivity contribution in [3.63, 3.8) is 0 Å². The molecule has 1 heterocycles. The number of aromatic nitrogens is 1. The van der Waals surface area contributed by atoms with E-state index >= 15 is 0 Å². The number of benzene rings is 1. The van der Waals surface area contributed by atoms with Gasteiger partial charge in [0.15, 0.2) is 0 Å². The van der Waals surface area contributed by atoms with E-state index in [0.717, 1.165) is 19.4 Å². The van der Waals surface area contributed by atoms with Gasteiger partial charge in [-0.2, -0.15) is 0 Å². The second-order valence-electron chi connectivity index (χ2n) is 3.77. The van der Waals surface area contributed by atoms with Crippen LogP contribution in [0, 0.1) is 6.92 Å². The van der Waals surface area contributed by atoms with Gasteiger partial charge in [-0.3, -0.25) is 0 Å². The minimum Gasteiger partial charge on any atom is -0.359 e. The van der Waals surface area contributed by atoms with Crippen LogP contribution >= 0.6 is 0 Å². The van der Waals surface area contributed by atoms with Gasteiger partial charge in [0.1, 0.15) is 0 Å². The number of aryl methyl sites for hydroxylation is 2. The molecule has 14 heavy (non-hydrogen) atoms. The zero-order chi connectivity index (χ0) is 9.97. The van der Waals surface area contributed by atoms with Crippen LogP contribution in [0.2, 0.25) is 0 Å². The normalized spacial score (nSPS) is 11.0. The molecule has 0 aliphatic heterocycles. The second-order valence-corrected chi connectivity index (χ2v) is 3.77. The number of fused-ring (bicyclic) bond motifs is 1. The molecule has 2 rings (SSSR count). The summed E-state index contributed by atoms with van der Waals surface area (Å²) in [5.74, 6) is 0. The van der Waals surface area contributed by atoms with Crippen LogP contribution in [0.4, 0.5) is 0 Å². The summed E-state index contributed by atoms with van der Waals surface area (Å²) in [4.78, 5) is 3.32. The molecule has 2 heteroatoms. The van der Waals surface area contributed by atoms with Crippen LogP contribution in [0.1, 0.15) is 17.7 Å². The molecule has 2 aromatic rings. The van der Waals surface area contributed by atoms with Crippen molar-refractivity contribution in [2.45, 2.75) is 19.8 Å². The SMILES string of the molecule is Cc1cc2cc(CCCN)ccc2[nH]1. The fraction of sp³-hybridized carbons (Fsp3) is 0.333. The molecule has 1 aromatic carbocycles. The summed E-state index contributed by atoms with van der Waals surface area (Å²) < 4.78 is 0. The Morgan fingerprint density at radius 1 is 1.29 bits per heavy atom. The summed E-state index contributed by atoms with van der Waals surface area (Å²) in [6, 6.07) is 8.75. The largest absolute Gasteiger partial charge is 0.359 e. The lowest BCUT2D eigenvalue weighted by atomic mass is 10.1. The summed E-state index contributed by atoms with van der Waals surface area (Å²) in [5, 5.41) is 1.30. The van der Waals surface area contributed by atoms with Crippen molar-refractivity contribution in [2.24, 2.45) is 5.73 Å². The molecule has 0 amide bonds. The van der Waals surface area contributed by atoms with Crippen molar-refractivity contribution >= 4 is 10.9 Å². The highest BCUT2D eigenvalue weighted by atomic mass is 14.7. The molecule has 0 saturated carbocycles. The van der Waals surface area contributed by atoms with E-state index in [1.807, 2.05) is 0 Å². The van der Waals surface area contributed by atoms with Gasteiger partial charge in [0.25, 0.3) is 0 Å². The predicted molar refractivity (Wildman–Crippen MR) is 60.4 cm³/mol. The fourth-order valence-corrected chi connectivity index (χ4v) is 1.79. The lowest BCUT2D eigenvalue weighted by molar-refractivity contribution is 0.833. The van der Waals surface area contributed by atoms with E-state index in [0.29, 0.717) is 0 Å². The van der Waals surface area contributed by atoms with Gasteiger partial charge >= 0.3 is 0 Å². The van der Waals surface area contributed by atoms with E-state index in [4.69, 9.17) is 5.73 Å². The minimum atomic E-state index is 0.768. The topological polar surface area (TPSA) is 41.8 Å². The first-order valence-corrected chi connectivity index (χ1v) is 5.08. The molecule has 0 aliphatic rings. The molecule has 0 radical (unpaired) electrons. The molecule has 0 spiro atoms. The van der Waals surface area contributed by atoms with Crippen molar-refractivity contribution in [2.75, 3.05) is 6.54 Å². The highest BCUT2D eigenvalue weighted by Crippen LogP contribution is 2.17. The maximum Gasteiger partial charge on any atom is 0.0456 e. The zero-order valence-electron chi connectivity index (χ0n) is 8.51. The standard InChI is InChI=1S/C12H16N2/c1-9-7-11-8-10(3-2-6-13)4-5-12(11)14-9/h4-5,7-8,14H,2-3,6,13H2,1H3. The smallest absolute Gasteiger partial charge is 0.0456 e. The van der Waals surface area contributed by atoms with Crippen LogP contribution in [0.25, 0.3) is 10.9 Å². The quantitative estimate of drug-likeness (QED) is 0.763. The van der Waals surface area contributed by atoms with Crippen molar-refractivity contribution in [3.8, 4) is 0 Å². The molecule has 1 aromatic heterocycles. The number of hydrogen-bond donors (Lipinski definition) is 2. The monoisotopic (exact) mass is 188 g/mol. The summed E-state index contributed by atoms with van der Waals surface area (Å²) in [6.07, 6.45) is 2.14. The van der Waals surface area contributed by atoms with Gasteiger partial charge in [-0.15, -0.1) is 0 Å². The van der Waals surface area contributed by atoms with E-state index < -0.39 is 0 Å². The van der Waals surface area contributed by atoms with Crippen LogP contribution in [0.15, 0.2) is 24.3 Å². The van der Waals surface area contributed by atoms with Gasteiger partial charge in [0.2, 0.25) is 0 Å². The number of H-pyrrole nitrogens is 1. The predicted octanol–water partition coefficient (Wildman–Crippen LogP) is 2.37. The third kappa shape index (κ3) is 1.80. The molecule has 0 atom stereocenters. The molecule has 74 valence electrons. The van der Waals surface area contributed by atoms with E-state index in [9.17, 15) is 0 Å². The van der Waals surface area contributed by atoms with Crippen molar-refractivity contribution in [1.29, 1.82) is 0 Å². The molecular weight excluding hydrogens is 172 g/mol. The Kier molecular flexibility index (Phi) is 2.55. The summed E-state index contributed by atoms with van der Waals surface area (Å²) in [7, 11) is 0. The number of hydrogen-bond acceptors (Lipinski definition) is 1. The number of nitrogens with one attached hydrogen (secondary N) is 1. The Morgan fingerprint density at radius 2 is 2.14 bits per heavy atom. The third-order valence-corrected chi connectivity index (χ3v) is 2.49. The summed E-state index contributed by atoms with van der Waals surface area (Å²) in [5.41, 5.74) is 9.30. The Balaban J connectivity index is 2.31. The molecule has 2 nitrogen and oxygen atoms in total. The van der Waals surface area contributed by atoms with E-state index in [1.54, 1.807) is 0 Å². The molecule has 0 saturated heterocycles. The maximum absolute atomic E-state index is 5.49. The third-order valence-electron chi connectivity index (χ3n) is 2.49. The van der Waals surface area contributed by atoms with Crippen molar-refractivity contribution in [3.05, 3.63) is 35.5 Å². The number of rotatable bonds is 3. The lowest BCUT2D eigenvalue weighted by Gasteiger charge is -1.99. The molecule has 0 aliphatic carbocycles. The first-order valence-electron chi connectivity index (χ1n) is 5.08. The van der Waals surface area contributed by atoms with Crippen LogP contribution in [0.5, 0.6) is 0 Å². The van der Waals surface area contributed by atoms with Crippen LogP contribution in [-0.4, -0.2) is 11.5 Å². The van der Waals surface area contributed by atoms with Gasteiger partial charge in [0.05, 0.1) is 0 Å². The van der Waals surface area contributed by atoms with E-state index in [1.165, 1.54) is 22.2 Å². The average Bonchev–Trinajstić information content (AvgIpc) is 2.54. The molecule has 0 unspecified atom stereocenters. The van der Waals surface area contributed by atoms with Crippen LogP contribution in [0.3, 0.4) is 0 Å². The van der Waals surface area contributed by atoms with Gasteiger partial charge in [-0.25, -0.2) is 0 Å². The Hall–Kier alpha value is -1.28. The molecule has 0 fully saturated rings. The van der Waals surface area contributed by atoms with Crippen LogP contribution < -0.4 is 5.73 Å². The fourth-order valence-electron chi connectivity index (χ4n) is 1.79. The first-order chi connectivity index (χ1) is 6.79. The van der Waals surface area contributed by atoms with E-state index in [-0.39, 0.29) is 0 Å². The summed E-state index contributed by atoms with van der Waals surface area (Å²) >= 11 is 0. The highest BCUT2D eigenvalue weighted by molar-refractivity contribution is 5.81. The average molecular weight is 188 g/mol. The van der Waals surface area contributed by atoms with Gasteiger partial charge in [-0.1, -0.05) is 6.07 Å². The second kappa shape index (κ2) is 3.84.